The van der Waals surface area contributed by atoms with Crippen LogP contribution in [0, 0.1) is 0 Å². The van der Waals surface area contributed by atoms with E-state index in [4.69, 9.17) is 18.6 Å². The number of rotatable bonds is 9. The van der Waals surface area contributed by atoms with E-state index in [0.29, 0.717) is 33.1 Å². The molecule has 1 aromatic heterocycles. The van der Waals surface area contributed by atoms with E-state index in [9.17, 15) is 4.79 Å². The van der Waals surface area contributed by atoms with Crippen LogP contribution in [0.15, 0.2) is 57.4 Å². The lowest BCUT2D eigenvalue weighted by atomic mass is 9.91. The molecule has 0 N–H and O–H groups in total. The van der Waals surface area contributed by atoms with Crippen molar-refractivity contribution in [2.24, 2.45) is 0 Å². The van der Waals surface area contributed by atoms with Crippen LogP contribution in [0.5, 0.6) is 11.5 Å². The summed E-state index contributed by atoms with van der Waals surface area (Å²) in [7, 11) is 8.68. The summed E-state index contributed by atoms with van der Waals surface area (Å²) < 4.78 is 23.4. The first kappa shape index (κ1) is 23.1. The van der Waals surface area contributed by atoms with E-state index in [1.807, 2.05) is 50.5 Å². The molecule has 0 aliphatic carbocycles. The molecule has 1 heterocycles. The minimum Gasteiger partial charge on any atom is -0.495 e. The van der Waals surface area contributed by atoms with Crippen LogP contribution in [0.3, 0.4) is 0 Å². The van der Waals surface area contributed by atoms with E-state index in [1.54, 1.807) is 26.4 Å². The van der Waals surface area contributed by atoms with E-state index >= 15 is 0 Å². The maximum atomic E-state index is 12.3. The Hall–Kier alpha value is -2.61. The molecule has 0 aliphatic rings. The number of methoxy groups -OCH3 is 3. The molecule has 0 saturated heterocycles. The highest BCUT2D eigenvalue weighted by Gasteiger charge is 2.38. The first-order chi connectivity index (χ1) is 14.9. The quantitative estimate of drug-likeness (QED) is 0.401. The summed E-state index contributed by atoms with van der Waals surface area (Å²) in [5, 5.41) is 0. The van der Waals surface area contributed by atoms with Gasteiger partial charge in [-0.15, -0.1) is 0 Å². The molecule has 6 nitrogen and oxygen atoms in total. The van der Waals surface area contributed by atoms with Gasteiger partial charge in [0.2, 0.25) is 5.60 Å². The molecule has 0 fully saturated rings. The smallest absolute Gasteiger partial charge is 0.205 e. The first-order valence-corrected chi connectivity index (χ1v) is 10.5. The SMILES string of the molecule is COc1cc(-c2ccc(C(C=O)(OC)c3ccc(CN(C)C)cc3)o2)cc(OC)c1Br. The number of ether oxygens (including phenoxy) is 3. The van der Waals surface area contributed by atoms with E-state index in [0.717, 1.165) is 24.0 Å². The largest absolute Gasteiger partial charge is 0.495 e. The Morgan fingerprint density at radius 1 is 1.00 bits per heavy atom. The molecule has 0 spiro atoms. The van der Waals surface area contributed by atoms with Crippen LogP contribution in [-0.4, -0.2) is 46.6 Å². The summed E-state index contributed by atoms with van der Waals surface area (Å²) in [4.78, 5) is 14.4. The van der Waals surface area contributed by atoms with Crippen molar-refractivity contribution in [3.05, 3.63) is 69.9 Å². The monoisotopic (exact) mass is 487 g/mol. The van der Waals surface area contributed by atoms with Gasteiger partial charge in [0.05, 0.1) is 14.2 Å². The van der Waals surface area contributed by atoms with Crippen LogP contribution < -0.4 is 9.47 Å². The molecule has 0 aliphatic heterocycles. The van der Waals surface area contributed by atoms with Gasteiger partial charge in [-0.25, -0.2) is 0 Å². The number of nitrogens with zero attached hydrogens (tertiary/aromatic N) is 1. The molecular weight excluding hydrogens is 462 g/mol. The topological polar surface area (TPSA) is 61.1 Å². The molecule has 3 aromatic rings. The fourth-order valence-electron chi connectivity index (χ4n) is 3.46. The minimum absolute atomic E-state index is 0.390. The maximum Gasteiger partial charge on any atom is 0.205 e. The Kier molecular flexibility index (Phi) is 7.20. The van der Waals surface area contributed by atoms with Crippen LogP contribution >= 0.6 is 15.9 Å². The lowest BCUT2D eigenvalue weighted by Crippen LogP contribution is -2.31. The van der Waals surface area contributed by atoms with Crippen LogP contribution in [0.4, 0.5) is 0 Å². The lowest BCUT2D eigenvalue weighted by Gasteiger charge is -2.25. The van der Waals surface area contributed by atoms with Crippen molar-refractivity contribution in [1.82, 2.24) is 4.90 Å². The molecule has 0 radical (unpaired) electrons. The highest BCUT2D eigenvalue weighted by molar-refractivity contribution is 9.10. The summed E-state index contributed by atoms with van der Waals surface area (Å²) in [5.41, 5.74) is 1.23. The predicted octanol–water partition coefficient (Wildman–Crippen LogP) is 4.88. The average Bonchev–Trinajstić information content (AvgIpc) is 3.26. The summed E-state index contributed by atoms with van der Waals surface area (Å²) in [6, 6.07) is 15.0. The van der Waals surface area contributed by atoms with Gasteiger partial charge in [0.1, 0.15) is 27.5 Å². The van der Waals surface area contributed by atoms with Crippen molar-refractivity contribution in [3.63, 3.8) is 0 Å². The summed E-state index contributed by atoms with van der Waals surface area (Å²) in [6.07, 6.45) is 0.763. The third kappa shape index (κ3) is 4.54. The second kappa shape index (κ2) is 9.68. The fraction of sp³-hybridized carbons (Fsp3) is 0.292. The molecule has 1 unspecified atom stereocenters. The zero-order chi connectivity index (χ0) is 22.6. The normalized spacial score (nSPS) is 13.1. The van der Waals surface area contributed by atoms with Crippen molar-refractivity contribution >= 4 is 22.2 Å². The van der Waals surface area contributed by atoms with Gasteiger partial charge in [0.25, 0.3) is 0 Å². The number of hydrogen-bond donors (Lipinski definition) is 0. The number of hydrogen-bond acceptors (Lipinski definition) is 6. The highest BCUT2D eigenvalue weighted by Crippen LogP contribution is 2.41. The Balaban J connectivity index is 2.03. The van der Waals surface area contributed by atoms with E-state index in [2.05, 4.69) is 20.8 Å². The zero-order valence-electron chi connectivity index (χ0n) is 18.3. The van der Waals surface area contributed by atoms with Crippen LogP contribution in [-0.2, 0) is 21.7 Å². The Bertz CT molecular complexity index is 1020. The second-order valence-corrected chi connectivity index (χ2v) is 8.14. The molecule has 7 heteroatoms. The third-order valence-corrected chi connectivity index (χ3v) is 5.85. The first-order valence-electron chi connectivity index (χ1n) is 9.66. The van der Waals surface area contributed by atoms with Gasteiger partial charge < -0.3 is 23.5 Å². The molecule has 1 atom stereocenters. The number of aldehydes is 1. The van der Waals surface area contributed by atoms with Crippen molar-refractivity contribution in [2.75, 3.05) is 35.4 Å². The maximum absolute atomic E-state index is 12.3. The standard InChI is InChI=1S/C24H26BrNO5/c1-26(2)14-16-6-8-18(9-7-16)24(15-27,30-5)22-11-10-19(31-22)17-12-20(28-3)23(25)21(13-17)29-4/h6-13,15H,14H2,1-5H3. The molecule has 0 saturated carbocycles. The molecule has 0 bridgehead atoms. The van der Waals surface area contributed by atoms with Crippen LogP contribution in [0.25, 0.3) is 11.3 Å². The summed E-state index contributed by atoms with van der Waals surface area (Å²) >= 11 is 3.47. The second-order valence-electron chi connectivity index (χ2n) is 7.35. The molecule has 3 rings (SSSR count). The summed E-state index contributed by atoms with van der Waals surface area (Å²) in [6.45, 7) is 0.805. The highest BCUT2D eigenvalue weighted by atomic mass is 79.9. The van der Waals surface area contributed by atoms with Gasteiger partial charge in [0.15, 0.2) is 6.29 Å². The molecular formula is C24H26BrNO5. The average molecular weight is 488 g/mol. The van der Waals surface area contributed by atoms with Crippen molar-refractivity contribution in [1.29, 1.82) is 0 Å². The minimum atomic E-state index is -1.35. The van der Waals surface area contributed by atoms with E-state index in [1.165, 1.54) is 7.11 Å². The van der Waals surface area contributed by atoms with Crippen LogP contribution in [0.2, 0.25) is 0 Å². The van der Waals surface area contributed by atoms with Gasteiger partial charge in [-0.1, -0.05) is 24.3 Å². The van der Waals surface area contributed by atoms with Crippen molar-refractivity contribution in [3.8, 4) is 22.8 Å². The summed E-state index contributed by atoms with van der Waals surface area (Å²) in [5.74, 6) is 2.17. The van der Waals surface area contributed by atoms with Gasteiger partial charge in [-0.05, 0) is 65.4 Å². The Morgan fingerprint density at radius 3 is 2.10 bits per heavy atom. The van der Waals surface area contributed by atoms with E-state index < -0.39 is 5.60 Å². The number of carbonyl (C=O) groups is 1. The Labute approximate surface area is 190 Å². The van der Waals surface area contributed by atoms with Gasteiger partial charge >= 0.3 is 0 Å². The molecule has 2 aromatic carbocycles. The van der Waals surface area contributed by atoms with Gasteiger partial charge in [-0.2, -0.15) is 0 Å². The number of benzene rings is 2. The Morgan fingerprint density at radius 2 is 1.61 bits per heavy atom. The number of furan rings is 1. The van der Waals surface area contributed by atoms with E-state index in [-0.39, 0.29) is 0 Å². The fourth-order valence-corrected chi connectivity index (χ4v) is 4.01. The lowest BCUT2D eigenvalue weighted by molar-refractivity contribution is -0.125. The van der Waals surface area contributed by atoms with Crippen molar-refractivity contribution < 1.29 is 23.4 Å². The van der Waals surface area contributed by atoms with Crippen molar-refractivity contribution in [2.45, 2.75) is 12.1 Å². The molecule has 0 amide bonds. The molecule has 164 valence electrons. The predicted molar refractivity (Wildman–Crippen MR) is 123 cm³/mol. The van der Waals surface area contributed by atoms with Crippen LogP contribution in [0.1, 0.15) is 16.9 Å². The van der Waals surface area contributed by atoms with Gasteiger partial charge in [-0.3, -0.25) is 4.79 Å². The van der Waals surface area contributed by atoms with Gasteiger partial charge in [0, 0.05) is 19.2 Å². The number of halogens is 1. The number of carbonyl (C=O) groups excluding carboxylic acids is 1. The zero-order valence-corrected chi connectivity index (χ0v) is 19.9. The molecule has 31 heavy (non-hydrogen) atoms. The third-order valence-electron chi connectivity index (χ3n) is 5.07.